The summed E-state index contributed by atoms with van der Waals surface area (Å²) < 4.78 is 5.43. The van der Waals surface area contributed by atoms with Gasteiger partial charge >= 0.3 is 5.97 Å². The first kappa shape index (κ1) is 13.6. The van der Waals surface area contributed by atoms with Gasteiger partial charge in [0.1, 0.15) is 0 Å². The van der Waals surface area contributed by atoms with Crippen molar-refractivity contribution in [2.75, 3.05) is 25.1 Å². The number of benzene rings is 1. The minimum atomic E-state index is -0.928. The second-order valence-corrected chi connectivity index (χ2v) is 4.68. The van der Waals surface area contributed by atoms with Crippen molar-refractivity contribution < 1.29 is 14.6 Å². The monoisotopic (exact) mass is 261 g/mol. The van der Waals surface area contributed by atoms with Gasteiger partial charge in [0.25, 0.3) is 0 Å². The average molecular weight is 261 g/mol. The third kappa shape index (κ3) is 3.58. The third-order valence-electron chi connectivity index (χ3n) is 3.39. The van der Waals surface area contributed by atoms with Crippen LogP contribution in [0.4, 0.5) is 5.69 Å². The number of methoxy groups -OCH3 is 1. The highest BCUT2D eigenvalue weighted by atomic mass is 16.5. The molecule has 1 fully saturated rings. The molecule has 2 rings (SSSR count). The van der Waals surface area contributed by atoms with Crippen LogP contribution in [0, 0.1) is 0 Å². The van der Waals surface area contributed by atoms with E-state index in [2.05, 4.69) is 4.90 Å². The SMILES string of the molecule is COC1CCCN(c2ccccc2/C=C/C(=O)O)C1. The van der Waals surface area contributed by atoms with Crippen molar-refractivity contribution in [2.24, 2.45) is 0 Å². The number of rotatable bonds is 4. The molecule has 1 heterocycles. The van der Waals surface area contributed by atoms with Crippen LogP contribution in [0.25, 0.3) is 6.08 Å². The van der Waals surface area contributed by atoms with E-state index in [0.717, 1.165) is 37.2 Å². The van der Waals surface area contributed by atoms with Gasteiger partial charge in [-0.2, -0.15) is 0 Å². The Morgan fingerprint density at radius 2 is 2.26 bits per heavy atom. The molecule has 0 saturated carbocycles. The van der Waals surface area contributed by atoms with Crippen molar-refractivity contribution >= 4 is 17.7 Å². The first-order valence-electron chi connectivity index (χ1n) is 6.48. The fourth-order valence-corrected chi connectivity index (χ4v) is 2.43. The number of hydrogen-bond acceptors (Lipinski definition) is 3. The van der Waals surface area contributed by atoms with Gasteiger partial charge in [-0.3, -0.25) is 0 Å². The number of carboxylic acid groups (broad SMARTS) is 1. The van der Waals surface area contributed by atoms with Gasteiger partial charge in [0, 0.05) is 32.0 Å². The number of para-hydroxylation sites is 1. The summed E-state index contributed by atoms with van der Waals surface area (Å²) in [4.78, 5) is 12.9. The summed E-state index contributed by atoms with van der Waals surface area (Å²) in [6.45, 7) is 1.84. The summed E-state index contributed by atoms with van der Waals surface area (Å²) in [6.07, 6.45) is 5.26. The second-order valence-electron chi connectivity index (χ2n) is 4.68. The number of anilines is 1. The molecule has 1 aromatic carbocycles. The Hall–Kier alpha value is -1.81. The van der Waals surface area contributed by atoms with Crippen LogP contribution in [0.2, 0.25) is 0 Å². The molecule has 0 amide bonds. The summed E-state index contributed by atoms with van der Waals surface area (Å²) in [5.41, 5.74) is 2.00. The molecule has 0 radical (unpaired) electrons. The quantitative estimate of drug-likeness (QED) is 0.846. The zero-order valence-electron chi connectivity index (χ0n) is 11.1. The highest BCUT2D eigenvalue weighted by Gasteiger charge is 2.20. The largest absolute Gasteiger partial charge is 0.478 e. The number of ether oxygens (including phenoxy) is 1. The summed E-state index contributed by atoms with van der Waals surface area (Å²) in [5.74, 6) is -0.928. The number of carbonyl (C=O) groups is 1. The van der Waals surface area contributed by atoms with E-state index in [4.69, 9.17) is 9.84 Å². The van der Waals surface area contributed by atoms with Crippen molar-refractivity contribution in [2.45, 2.75) is 18.9 Å². The van der Waals surface area contributed by atoms with Crippen molar-refractivity contribution in [3.63, 3.8) is 0 Å². The number of nitrogens with zero attached hydrogens (tertiary/aromatic N) is 1. The van der Waals surface area contributed by atoms with Gasteiger partial charge in [0.05, 0.1) is 6.10 Å². The van der Waals surface area contributed by atoms with Gasteiger partial charge in [0.15, 0.2) is 0 Å². The minimum absolute atomic E-state index is 0.255. The van der Waals surface area contributed by atoms with Crippen molar-refractivity contribution in [1.82, 2.24) is 0 Å². The fourth-order valence-electron chi connectivity index (χ4n) is 2.43. The minimum Gasteiger partial charge on any atom is -0.478 e. The summed E-state index contributed by atoms with van der Waals surface area (Å²) in [5, 5.41) is 8.74. The molecular weight excluding hydrogens is 242 g/mol. The normalized spacial score (nSPS) is 19.8. The molecule has 1 aromatic rings. The van der Waals surface area contributed by atoms with Gasteiger partial charge in [-0.1, -0.05) is 18.2 Å². The fraction of sp³-hybridized carbons (Fsp3) is 0.400. The van der Waals surface area contributed by atoms with E-state index < -0.39 is 5.97 Å². The lowest BCUT2D eigenvalue weighted by Crippen LogP contribution is -2.39. The summed E-state index contributed by atoms with van der Waals surface area (Å²) in [7, 11) is 1.74. The molecule has 4 heteroatoms. The predicted molar refractivity (Wildman–Crippen MR) is 75.4 cm³/mol. The maximum absolute atomic E-state index is 10.6. The molecule has 102 valence electrons. The predicted octanol–water partition coefficient (Wildman–Crippen LogP) is 2.40. The van der Waals surface area contributed by atoms with Gasteiger partial charge < -0.3 is 14.7 Å². The Balaban J connectivity index is 2.21. The van der Waals surface area contributed by atoms with E-state index in [1.54, 1.807) is 13.2 Å². The van der Waals surface area contributed by atoms with Crippen LogP contribution >= 0.6 is 0 Å². The molecule has 0 bridgehead atoms. The van der Waals surface area contributed by atoms with Crippen LogP contribution in [0.5, 0.6) is 0 Å². The summed E-state index contributed by atoms with van der Waals surface area (Å²) in [6, 6.07) is 7.86. The maximum atomic E-state index is 10.6. The number of hydrogen-bond donors (Lipinski definition) is 1. The molecule has 0 aliphatic carbocycles. The zero-order chi connectivity index (χ0) is 13.7. The highest BCUT2D eigenvalue weighted by molar-refractivity contribution is 5.87. The van der Waals surface area contributed by atoms with E-state index in [1.807, 2.05) is 24.3 Å². The molecule has 1 aliphatic heterocycles. The average Bonchev–Trinajstić information content (AvgIpc) is 2.45. The van der Waals surface area contributed by atoms with Crippen LogP contribution in [0.1, 0.15) is 18.4 Å². The third-order valence-corrected chi connectivity index (χ3v) is 3.39. The molecule has 1 unspecified atom stereocenters. The van der Waals surface area contributed by atoms with Gasteiger partial charge in [-0.15, -0.1) is 0 Å². The molecule has 0 spiro atoms. The Kier molecular flexibility index (Phi) is 4.58. The van der Waals surface area contributed by atoms with Crippen molar-refractivity contribution in [3.8, 4) is 0 Å². The van der Waals surface area contributed by atoms with Crippen LogP contribution in [-0.4, -0.2) is 37.4 Å². The first-order valence-corrected chi connectivity index (χ1v) is 6.48. The number of aliphatic carboxylic acids is 1. The van der Waals surface area contributed by atoms with Gasteiger partial charge in [0.2, 0.25) is 0 Å². The lowest BCUT2D eigenvalue weighted by molar-refractivity contribution is -0.131. The van der Waals surface area contributed by atoms with Crippen LogP contribution in [0.15, 0.2) is 30.3 Å². The standard InChI is InChI=1S/C15H19NO3/c1-19-13-6-4-10-16(11-13)14-7-3-2-5-12(14)8-9-15(17)18/h2-3,5,7-9,13H,4,6,10-11H2,1H3,(H,17,18)/b9-8+. The van der Waals surface area contributed by atoms with Crippen LogP contribution < -0.4 is 4.90 Å². The van der Waals surface area contributed by atoms with Gasteiger partial charge in [-0.25, -0.2) is 4.79 Å². The molecule has 19 heavy (non-hydrogen) atoms. The lowest BCUT2D eigenvalue weighted by atomic mass is 10.0. The van der Waals surface area contributed by atoms with Crippen molar-refractivity contribution in [1.29, 1.82) is 0 Å². The topological polar surface area (TPSA) is 49.8 Å². The van der Waals surface area contributed by atoms with E-state index in [-0.39, 0.29) is 6.10 Å². The Labute approximate surface area is 113 Å². The van der Waals surface area contributed by atoms with E-state index in [9.17, 15) is 4.79 Å². The second kappa shape index (κ2) is 6.38. The van der Waals surface area contributed by atoms with Crippen LogP contribution in [-0.2, 0) is 9.53 Å². The van der Waals surface area contributed by atoms with E-state index in [0.29, 0.717) is 0 Å². The van der Waals surface area contributed by atoms with Crippen LogP contribution in [0.3, 0.4) is 0 Å². The molecular formula is C15H19NO3. The Morgan fingerprint density at radius 1 is 1.47 bits per heavy atom. The zero-order valence-corrected chi connectivity index (χ0v) is 11.1. The highest BCUT2D eigenvalue weighted by Crippen LogP contribution is 2.25. The Morgan fingerprint density at radius 3 is 3.00 bits per heavy atom. The molecule has 1 atom stereocenters. The lowest BCUT2D eigenvalue weighted by Gasteiger charge is -2.34. The van der Waals surface area contributed by atoms with E-state index >= 15 is 0 Å². The molecule has 0 aromatic heterocycles. The smallest absolute Gasteiger partial charge is 0.328 e. The molecule has 1 aliphatic rings. The Bertz CT molecular complexity index is 470. The van der Waals surface area contributed by atoms with E-state index in [1.165, 1.54) is 6.08 Å². The number of piperidine rings is 1. The maximum Gasteiger partial charge on any atom is 0.328 e. The molecule has 4 nitrogen and oxygen atoms in total. The summed E-state index contributed by atoms with van der Waals surface area (Å²) >= 11 is 0. The van der Waals surface area contributed by atoms with Gasteiger partial charge in [-0.05, 0) is 30.5 Å². The molecule has 1 N–H and O–H groups in total. The first-order chi connectivity index (χ1) is 9.20. The van der Waals surface area contributed by atoms with Crippen molar-refractivity contribution in [3.05, 3.63) is 35.9 Å². The number of carboxylic acids is 1. The molecule has 1 saturated heterocycles.